The van der Waals surface area contributed by atoms with Crippen molar-refractivity contribution in [3.05, 3.63) is 233 Å². The van der Waals surface area contributed by atoms with Gasteiger partial charge in [-0.15, -0.1) is 0 Å². The Balaban J connectivity index is 0.986. The molecular formula is C60H47N. The number of aromatic nitrogens is 1. The standard InChI is InChI=1S/C60H47N/c1-59(2)53-24-13-11-22-45(53)47-29-26-42(35-55(47)59)49(39-17-7-5-8-18-39)33-38-16-15-19-40(32-38)41-28-31-56-51(34-41)52-37-50-43(36-57(52)61(56)44-20-9-6-10-21-44)27-30-48-46-23-12-14-25-54(46)60(3,4)58(48)50/h5-32,34-37,49H,33H2,1-4H3. The molecule has 0 radical (unpaired) electrons. The van der Waals surface area contributed by atoms with Crippen molar-refractivity contribution in [2.24, 2.45) is 0 Å². The molecule has 0 saturated carbocycles. The highest BCUT2D eigenvalue weighted by molar-refractivity contribution is 6.16. The Kier molecular flexibility index (Phi) is 7.82. The van der Waals surface area contributed by atoms with Gasteiger partial charge in [0.15, 0.2) is 0 Å². The summed E-state index contributed by atoms with van der Waals surface area (Å²) in [5, 5.41) is 5.19. The lowest BCUT2D eigenvalue weighted by atomic mass is 9.79. The molecule has 2 aliphatic rings. The van der Waals surface area contributed by atoms with E-state index in [4.69, 9.17) is 0 Å². The van der Waals surface area contributed by atoms with E-state index in [9.17, 15) is 0 Å². The van der Waals surface area contributed by atoms with E-state index in [1.54, 1.807) is 0 Å². The summed E-state index contributed by atoms with van der Waals surface area (Å²) in [4.78, 5) is 0. The zero-order valence-corrected chi connectivity index (χ0v) is 35.2. The first-order chi connectivity index (χ1) is 29.8. The molecule has 1 heteroatoms. The quantitative estimate of drug-likeness (QED) is 0.158. The van der Waals surface area contributed by atoms with Gasteiger partial charge in [0.25, 0.3) is 0 Å². The molecule has 10 aromatic rings. The van der Waals surface area contributed by atoms with Crippen molar-refractivity contribution < 1.29 is 0 Å². The number of benzene rings is 9. The molecule has 9 aromatic carbocycles. The van der Waals surface area contributed by atoms with Gasteiger partial charge in [-0.2, -0.15) is 0 Å². The summed E-state index contributed by atoms with van der Waals surface area (Å²) in [6.07, 6.45) is 0.912. The van der Waals surface area contributed by atoms with Crippen molar-refractivity contribution in [2.45, 2.75) is 50.9 Å². The van der Waals surface area contributed by atoms with Gasteiger partial charge in [-0.1, -0.05) is 185 Å². The molecule has 0 aliphatic heterocycles. The molecule has 0 N–H and O–H groups in total. The van der Waals surface area contributed by atoms with E-state index >= 15 is 0 Å². The first-order valence-corrected chi connectivity index (χ1v) is 21.8. The predicted molar refractivity (Wildman–Crippen MR) is 257 cm³/mol. The molecule has 292 valence electrons. The van der Waals surface area contributed by atoms with Crippen molar-refractivity contribution in [1.82, 2.24) is 4.57 Å². The van der Waals surface area contributed by atoms with Crippen molar-refractivity contribution in [1.29, 1.82) is 0 Å². The van der Waals surface area contributed by atoms with Crippen LogP contribution in [0.5, 0.6) is 0 Å². The maximum Gasteiger partial charge on any atom is 0.0547 e. The highest BCUT2D eigenvalue weighted by atomic mass is 15.0. The summed E-state index contributed by atoms with van der Waals surface area (Å²) in [5.41, 5.74) is 21.2. The molecule has 0 spiro atoms. The molecule has 0 fully saturated rings. The predicted octanol–water partition coefficient (Wildman–Crippen LogP) is 15.6. The number of para-hydroxylation sites is 1. The van der Waals surface area contributed by atoms with Crippen molar-refractivity contribution >= 4 is 32.6 Å². The van der Waals surface area contributed by atoms with Crippen molar-refractivity contribution in [3.8, 4) is 39.1 Å². The Hall–Kier alpha value is -6.96. The second-order valence-corrected chi connectivity index (χ2v) is 18.5. The summed E-state index contributed by atoms with van der Waals surface area (Å²) in [6, 6.07) is 73.2. The molecule has 61 heavy (non-hydrogen) atoms. The Labute approximate surface area is 358 Å². The van der Waals surface area contributed by atoms with E-state index in [2.05, 4.69) is 226 Å². The van der Waals surface area contributed by atoms with Crippen LogP contribution in [-0.2, 0) is 17.3 Å². The topological polar surface area (TPSA) is 4.93 Å². The van der Waals surface area contributed by atoms with Crippen LogP contribution in [0.1, 0.15) is 72.6 Å². The van der Waals surface area contributed by atoms with Crippen LogP contribution in [0.2, 0.25) is 0 Å². The van der Waals surface area contributed by atoms with E-state index in [1.807, 2.05) is 0 Å². The third-order valence-corrected chi connectivity index (χ3v) is 14.3. The Morgan fingerprint density at radius 1 is 0.410 bits per heavy atom. The lowest BCUT2D eigenvalue weighted by molar-refractivity contribution is 0.657. The van der Waals surface area contributed by atoms with Gasteiger partial charge in [-0.25, -0.2) is 0 Å². The first kappa shape index (κ1) is 35.9. The Morgan fingerprint density at radius 3 is 1.84 bits per heavy atom. The van der Waals surface area contributed by atoms with Crippen molar-refractivity contribution in [3.63, 3.8) is 0 Å². The molecule has 1 heterocycles. The number of nitrogens with zero attached hydrogens (tertiary/aromatic N) is 1. The summed E-state index contributed by atoms with van der Waals surface area (Å²) < 4.78 is 2.46. The molecule has 1 unspecified atom stereocenters. The van der Waals surface area contributed by atoms with Gasteiger partial charge >= 0.3 is 0 Å². The fraction of sp³-hybridized carbons (Fsp3) is 0.133. The van der Waals surface area contributed by atoms with Crippen LogP contribution in [0.15, 0.2) is 194 Å². The molecule has 0 saturated heterocycles. The Bertz CT molecular complexity index is 3380. The third-order valence-electron chi connectivity index (χ3n) is 14.3. The molecule has 1 aromatic heterocycles. The molecule has 0 bridgehead atoms. The molecule has 1 atom stereocenters. The van der Waals surface area contributed by atoms with E-state index in [-0.39, 0.29) is 16.7 Å². The van der Waals surface area contributed by atoms with Crippen molar-refractivity contribution in [2.75, 3.05) is 0 Å². The van der Waals surface area contributed by atoms with Gasteiger partial charge < -0.3 is 4.57 Å². The lowest BCUT2D eigenvalue weighted by Gasteiger charge is -2.24. The zero-order chi connectivity index (χ0) is 41.0. The number of hydrogen-bond donors (Lipinski definition) is 0. The van der Waals surface area contributed by atoms with Gasteiger partial charge in [0.2, 0.25) is 0 Å². The number of rotatable bonds is 6. The van der Waals surface area contributed by atoms with Gasteiger partial charge in [0.05, 0.1) is 11.0 Å². The average molecular weight is 782 g/mol. The second-order valence-electron chi connectivity index (χ2n) is 18.5. The van der Waals surface area contributed by atoms with Crippen LogP contribution < -0.4 is 0 Å². The molecule has 1 nitrogen and oxygen atoms in total. The number of hydrogen-bond acceptors (Lipinski definition) is 0. The van der Waals surface area contributed by atoms with Crippen LogP contribution >= 0.6 is 0 Å². The molecular weight excluding hydrogens is 735 g/mol. The van der Waals surface area contributed by atoms with Crippen LogP contribution in [0.4, 0.5) is 0 Å². The number of fused-ring (bicyclic) bond motifs is 11. The summed E-state index contributed by atoms with van der Waals surface area (Å²) in [6.45, 7) is 9.55. The lowest BCUT2D eigenvalue weighted by Crippen LogP contribution is -2.16. The van der Waals surface area contributed by atoms with E-state index in [0.29, 0.717) is 0 Å². The second kappa shape index (κ2) is 13.3. The third kappa shape index (κ3) is 5.39. The SMILES string of the molecule is CC1(C)c2ccccc2-c2ccc(C(Cc3cccc(-c4ccc5c(c4)c4cc6c7c(ccc6cc4n5-c4ccccc4)-c4ccccc4C7(C)C)c3)c3ccccc3)cc21. The minimum absolute atomic E-state index is 0.0428. The van der Waals surface area contributed by atoms with Crippen LogP contribution in [0, 0.1) is 0 Å². The van der Waals surface area contributed by atoms with E-state index < -0.39 is 0 Å². The highest BCUT2D eigenvalue weighted by Gasteiger charge is 2.37. The molecule has 2 aliphatic carbocycles. The minimum atomic E-state index is -0.0961. The maximum absolute atomic E-state index is 2.51. The fourth-order valence-corrected chi connectivity index (χ4v) is 11.3. The molecule has 0 amide bonds. The summed E-state index contributed by atoms with van der Waals surface area (Å²) >= 11 is 0. The van der Waals surface area contributed by atoms with Gasteiger partial charge in [0, 0.05) is 33.2 Å². The molecule has 12 rings (SSSR count). The average Bonchev–Trinajstić information content (AvgIpc) is 3.84. The van der Waals surface area contributed by atoms with Gasteiger partial charge in [0.1, 0.15) is 0 Å². The van der Waals surface area contributed by atoms with E-state index in [0.717, 1.165) is 6.42 Å². The summed E-state index contributed by atoms with van der Waals surface area (Å²) in [5.74, 6) is 0.220. The normalized spacial score (nSPS) is 14.8. The van der Waals surface area contributed by atoms with Crippen LogP contribution in [0.25, 0.3) is 71.6 Å². The fourth-order valence-electron chi connectivity index (χ4n) is 11.3. The van der Waals surface area contributed by atoms with Gasteiger partial charge in [-0.05, 0) is 126 Å². The zero-order valence-electron chi connectivity index (χ0n) is 35.2. The summed E-state index contributed by atoms with van der Waals surface area (Å²) in [7, 11) is 0. The monoisotopic (exact) mass is 781 g/mol. The Morgan fingerprint density at radius 2 is 1.05 bits per heavy atom. The maximum atomic E-state index is 2.51. The minimum Gasteiger partial charge on any atom is -0.309 e. The van der Waals surface area contributed by atoms with Gasteiger partial charge in [-0.3, -0.25) is 0 Å². The van der Waals surface area contributed by atoms with E-state index in [1.165, 1.54) is 111 Å². The van der Waals surface area contributed by atoms with Crippen LogP contribution in [0.3, 0.4) is 0 Å². The first-order valence-electron chi connectivity index (χ1n) is 21.8. The smallest absolute Gasteiger partial charge is 0.0547 e. The largest absolute Gasteiger partial charge is 0.309 e. The highest BCUT2D eigenvalue weighted by Crippen LogP contribution is 2.53. The van der Waals surface area contributed by atoms with Crippen LogP contribution in [-0.4, -0.2) is 4.57 Å².